The van der Waals surface area contributed by atoms with E-state index in [1.165, 1.54) is 14.0 Å². The molecule has 0 aliphatic heterocycles. The largest absolute Gasteiger partial charge is 0.425 e. The quantitative estimate of drug-likeness (QED) is 0.451. The predicted octanol–water partition coefficient (Wildman–Crippen LogP) is -0.855. The summed E-state index contributed by atoms with van der Waals surface area (Å²) in [5, 5.41) is 13.7. The summed E-state index contributed by atoms with van der Waals surface area (Å²) in [7, 11) is 1.30. The van der Waals surface area contributed by atoms with Crippen molar-refractivity contribution in [1.29, 1.82) is 0 Å². The Morgan fingerprint density at radius 2 is 1.72 bits per heavy atom. The molecule has 0 bridgehead atoms. The molecular formula is C11H20N2O5. The van der Waals surface area contributed by atoms with Crippen molar-refractivity contribution in [2.24, 2.45) is 5.41 Å². The molecule has 0 heterocycles. The van der Waals surface area contributed by atoms with Crippen LogP contribution < -0.4 is 10.6 Å². The van der Waals surface area contributed by atoms with E-state index in [9.17, 15) is 14.4 Å². The molecule has 0 aromatic heterocycles. The van der Waals surface area contributed by atoms with Crippen LogP contribution in [0.2, 0.25) is 0 Å². The van der Waals surface area contributed by atoms with Gasteiger partial charge >= 0.3 is 5.97 Å². The molecule has 0 saturated carbocycles. The van der Waals surface area contributed by atoms with Crippen LogP contribution in [0.15, 0.2) is 0 Å². The second-order valence-corrected chi connectivity index (χ2v) is 4.85. The minimum Gasteiger partial charge on any atom is -0.425 e. The van der Waals surface area contributed by atoms with Gasteiger partial charge in [0.05, 0.1) is 0 Å². The lowest BCUT2D eigenvalue weighted by molar-refractivity contribution is -0.178. The van der Waals surface area contributed by atoms with Crippen LogP contribution in [0.5, 0.6) is 0 Å². The fourth-order valence-corrected chi connectivity index (χ4v) is 0.861. The van der Waals surface area contributed by atoms with Crippen molar-refractivity contribution in [3.8, 4) is 0 Å². The Balaban J connectivity index is 4.36. The smallest absolute Gasteiger partial charge is 0.331 e. The fourth-order valence-electron chi connectivity index (χ4n) is 0.861. The molecule has 7 nitrogen and oxygen atoms in total. The van der Waals surface area contributed by atoms with Crippen LogP contribution in [0.3, 0.4) is 0 Å². The van der Waals surface area contributed by atoms with Gasteiger partial charge in [-0.15, -0.1) is 0 Å². The lowest BCUT2D eigenvalue weighted by Gasteiger charge is -2.21. The van der Waals surface area contributed by atoms with Crippen molar-refractivity contribution in [3.63, 3.8) is 0 Å². The van der Waals surface area contributed by atoms with E-state index in [0.29, 0.717) is 0 Å². The zero-order valence-corrected chi connectivity index (χ0v) is 11.2. The molecule has 0 rings (SSSR count). The van der Waals surface area contributed by atoms with Crippen molar-refractivity contribution < 1.29 is 24.2 Å². The van der Waals surface area contributed by atoms with E-state index in [1.807, 2.05) is 0 Å². The number of nitrogens with one attached hydrogen (secondary N) is 2. The number of hydrogen-bond donors (Lipinski definition) is 3. The van der Waals surface area contributed by atoms with Crippen LogP contribution in [-0.2, 0) is 19.1 Å². The summed E-state index contributed by atoms with van der Waals surface area (Å²) in [6, 6.07) is -0.948. The fraction of sp³-hybridized carbons (Fsp3) is 0.727. The highest BCUT2D eigenvalue weighted by atomic mass is 16.6. The van der Waals surface area contributed by atoms with E-state index in [4.69, 9.17) is 5.11 Å². The molecule has 2 atom stereocenters. The van der Waals surface area contributed by atoms with Crippen LogP contribution in [0, 0.1) is 5.41 Å². The number of hydrogen-bond acceptors (Lipinski definition) is 5. The summed E-state index contributed by atoms with van der Waals surface area (Å²) in [5.74, 6) is -2.05. The molecule has 0 spiro atoms. The van der Waals surface area contributed by atoms with E-state index >= 15 is 0 Å². The average molecular weight is 260 g/mol. The van der Waals surface area contributed by atoms with E-state index in [-0.39, 0.29) is 5.91 Å². The van der Waals surface area contributed by atoms with Gasteiger partial charge < -0.3 is 20.5 Å². The Hall–Kier alpha value is -1.63. The SMILES string of the molecule is CNC(=O)C(O)OC(=O)C(C)NC(=O)C(C)(C)C. The highest BCUT2D eigenvalue weighted by Gasteiger charge is 2.28. The zero-order valence-electron chi connectivity index (χ0n) is 11.2. The van der Waals surface area contributed by atoms with Crippen LogP contribution in [0.1, 0.15) is 27.7 Å². The number of rotatable bonds is 4. The minimum absolute atomic E-state index is 0.332. The van der Waals surface area contributed by atoms with Gasteiger partial charge in [-0.25, -0.2) is 4.79 Å². The van der Waals surface area contributed by atoms with Crippen molar-refractivity contribution in [1.82, 2.24) is 10.6 Å². The summed E-state index contributed by atoms with van der Waals surface area (Å²) in [5.41, 5.74) is -0.645. The van der Waals surface area contributed by atoms with Gasteiger partial charge in [-0.3, -0.25) is 9.59 Å². The third-order valence-electron chi connectivity index (χ3n) is 2.08. The molecule has 18 heavy (non-hydrogen) atoms. The Morgan fingerprint density at radius 1 is 1.22 bits per heavy atom. The summed E-state index contributed by atoms with van der Waals surface area (Å²) >= 11 is 0. The lowest BCUT2D eigenvalue weighted by Crippen LogP contribution is -2.46. The standard InChI is InChI=1S/C11H20N2O5/c1-6(13-10(17)11(2,3)4)8(15)18-9(16)7(14)12-5/h6,9,16H,1-5H3,(H,12,14)(H,13,17). The molecular weight excluding hydrogens is 240 g/mol. The molecule has 104 valence electrons. The van der Waals surface area contributed by atoms with E-state index in [0.717, 1.165) is 0 Å². The molecule has 0 aliphatic rings. The Kier molecular flexibility index (Phi) is 5.77. The molecule has 0 aliphatic carbocycles. The van der Waals surface area contributed by atoms with Crippen LogP contribution in [0.4, 0.5) is 0 Å². The van der Waals surface area contributed by atoms with Gasteiger partial charge in [0, 0.05) is 12.5 Å². The molecule has 2 amide bonds. The lowest BCUT2D eigenvalue weighted by atomic mass is 9.95. The Morgan fingerprint density at radius 3 is 2.11 bits per heavy atom. The number of esters is 1. The summed E-state index contributed by atoms with van der Waals surface area (Å²) in [6.07, 6.45) is -1.88. The monoisotopic (exact) mass is 260 g/mol. The molecule has 0 saturated heterocycles. The van der Waals surface area contributed by atoms with Crippen molar-refractivity contribution >= 4 is 17.8 Å². The highest BCUT2D eigenvalue weighted by molar-refractivity contribution is 5.88. The van der Waals surface area contributed by atoms with Crippen molar-refractivity contribution in [2.45, 2.75) is 40.0 Å². The van der Waals surface area contributed by atoms with E-state index < -0.39 is 29.6 Å². The third-order valence-corrected chi connectivity index (χ3v) is 2.08. The van der Waals surface area contributed by atoms with Gasteiger partial charge in [0.15, 0.2) is 0 Å². The van der Waals surface area contributed by atoms with Gasteiger partial charge in [0.1, 0.15) is 6.04 Å². The van der Waals surface area contributed by atoms with E-state index in [1.54, 1.807) is 20.8 Å². The first-order valence-corrected chi connectivity index (χ1v) is 5.50. The number of amides is 2. The zero-order chi connectivity index (χ0) is 14.5. The van der Waals surface area contributed by atoms with Crippen molar-refractivity contribution in [2.75, 3.05) is 7.05 Å². The maximum Gasteiger partial charge on any atom is 0.331 e. The molecule has 7 heteroatoms. The van der Waals surface area contributed by atoms with Crippen LogP contribution >= 0.6 is 0 Å². The molecule has 0 aromatic carbocycles. The second-order valence-electron chi connectivity index (χ2n) is 4.85. The first kappa shape index (κ1) is 16.4. The first-order chi connectivity index (χ1) is 8.09. The maximum atomic E-state index is 11.6. The normalized spacial score (nSPS) is 14.3. The Labute approximate surface area is 106 Å². The van der Waals surface area contributed by atoms with Gasteiger partial charge in [-0.2, -0.15) is 0 Å². The average Bonchev–Trinajstić information content (AvgIpc) is 2.26. The van der Waals surface area contributed by atoms with Crippen LogP contribution in [-0.4, -0.2) is 42.3 Å². The van der Waals surface area contributed by atoms with Crippen LogP contribution in [0.25, 0.3) is 0 Å². The summed E-state index contributed by atoms with van der Waals surface area (Å²) in [4.78, 5) is 34.0. The molecule has 0 aromatic rings. The molecule has 0 radical (unpaired) electrons. The van der Waals surface area contributed by atoms with Gasteiger partial charge in [-0.1, -0.05) is 20.8 Å². The Bertz CT molecular complexity index is 335. The number of likely N-dealkylation sites (N-methyl/N-ethyl adjacent to an activating group) is 1. The number of carbonyl (C=O) groups excluding carboxylic acids is 3. The second kappa shape index (κ2) is 6.34. The predicted molar refractivity (Wildman–Crippen MR) is 63.2 cm³/mol. The molecule has 0 fully saturated rings. The topological polar surface area (TPSA) is 105 Å². The van der Waals surface area contributed by atoms with Gasteiger partial charge in [-0.05, 0) is 6.92 Å². The maximum absolute atomic E-state index is 11.6. The van der Waals surface area contributed by atoms with Crippen molar-refractivity contribution in [3.05, 3.63) is 0 Å². The number of ether oxygens (including phenoxy) is 1. The van der Waals surface area contributed by atoms with E-state index in [2.05, 4.69) is 15.4 Å². The van der Waals surface area contributed by atoms with Gasteiger partial charge in [0.25, 0.3) is 12.2 Å². The number of carbonyl (C=O) groups is 3. The number of aliphatic hydroxyl groups excluding tert-OH is 1. The highest BCUT2D eigenvalue weighted by Crippen LogP contribution is 2.13. The summed E-state index contributed by atoms with van der Waals surface area (Å²) < 4.78 is 4.47. The van der Waals surface area contributed by atoms with Gasteiger partial charge in [0.2, 0.25) is 5.91 Å². The third kappa shape index (κ3) is 5.13. The molecule has 3 N–H and O–H groups in total. The summed E-state index contributed by atoms with van der Waals surface area (Å²) in [6.45, 7) is 6.49. The molecule has 2 unspecified atom stereocenters. The minimum atomic E-state index is -1.88. The number of aliphatic hydroxyl groups is 1. The first-order valence-electron chi connectivity index (χ1n) is 5.50.